The molecule has 1 aliphatic heterocycles. The lowest BCUT2D eigenvalue weighted by Crippen LogP contribution is -2.41. The van der Waals surface area contributed by atoms with Crippen LogP contribution in [0.4, 0.5) is 5.69 Å². The zero-order valence-electron chi connectivity index (χ0n) is 18.2. The summed E-state index contributed by atoms with van der Waals surface area (Å²) in [7, 11) is -4.79. The molecule has 32 heavy (non-hydrogen) atoms. The third kappa shape index (κ3) is 4.48. The predicted molar refractivity (Wildman–Crippen MR) is 117 cm³/mol. The summed E-state index contributed by atoms with van der Waals surface area (Å²) in [6.45, 7) is 6.07. The van der Waals surface area contributed by atoms with Crippen LogP contribution in [0.1, 0.15) is 52.0 Å². The minimum absolute atomic E-state index is 0.0935. The first-order valence-corrected chi connectivity index (χ1v) is 11.5. The second-order valence-corrected chi connectivity index (χ2v) is 9.55. The van der Waals surface area contributed by atoms with Crippen molar-refractivity contribution in [2.45, 2.75) is 51.6 Å². The SMILES string of the molecule is CCC(CC)(C(=O)Nc1cccc(C2C(C(=O)O)=C(C)NC(C)=C2C(=O)O)c1)P(=O)(O)O. The van der Waals surface area contributed by atoms with Crippen LogP contribution in [0.5, 0.6) is 0 Å². The Labute approximate surface area is 185 Å². The molecule has 0 saturated carbocycles. The van der Waals surface area contributed by atoms with Crippen LogP contribution in [-0.4, -0.2) is 43.0 Å². The highest BCUT2D eigenvalue weighted by atomic mass is 31.2. The molecule has 0 radical (unpaired) electrons. The van der Waals surface area contributed by atoms with Crippen molar-refractivity contribution in [3.8, 4) is 0 Å². The van der Waals surface area contributed by atoms with E-state index in [1.165, 1.54) is 52.0 Å². The lowest BCUT2D eigenvalue weighted by molar-refractivity contribution is -0.133. The maximum Gasteiger partial charge on any atom is 0.341 e. The Bertz CT molecular complexity index is 1030. The number of carboxylic acid groups (broad SMARTS) is 2. The first kappa shape index (κ1) is 25.3. The molecule has 1 amide bonds. The van der Waals surface area contributed by atoms with E-state index < -0.39 is 36.5 Å². The van der Waals surface area contributed by atoms with Crippen molar-refractivity contribution in [2.24, 2.45) is 0 Å². The number of carbonyl (C=O) groups excluding carboxylic acids is 1. The van der Waals surface area contributed by atoms with Gasteiger partial charge in [-0.1, -0.05) is 26.0 Å². The predicted octanol–water partition coefficient (Wildman–Crippen LogP) is 2.77. The Hall–Kier alpha value is -2.94. The molecule has 11 heteroatoms. The number of aliphatic carboxylic acids is 2. The molecule has 1 aliphatic rings. The lowest BCUT2D eigenvalue weighted by Gasteiger charge is -2.31. The smallest absolute Gasteiger partial charge is 0.341 e. The van der Waals surface area contributed by atoms with Gasteiger partial charge < -0.3 is 30.6 Å². The van der Waals surface area contributed by atoms with E-state index in [4.69, 9.17) is 0 Å². The van der Waals surface area contributed by atoms with Crippen LogP contribution in [-0.2, 0) is 18.9 Å². The number of carboxylic acids is 2. The minimum Gasteiger partial charge on any atom is -0.478 e. The van der Waals surface area contributed by atoms with Gasteiger partial charge in [0.05, 0.1) is 17.1 Å². The Morgan fingerprint density at radius 1 is 1.03 bits per heavy atom. The fraction of sp³-hybridized carbons (Fsp3) is 0.381. The quantitative estimate of drug-likeness (QED) is 0.315. The lowest BCUT2D eigenvalue weighted by atomic mass is 9.80. The summed E-state index contributed by atoms with van der Waals surface area (Å²) in [6, 6.07) is 5.93. The molecule has 0 aromatic heterocycles. The molecule has 2 rings (SSSR count). The highest BCUT2D eigenvalue weighted by Crippen LogP contribution is 2.55. The van der Waals surface area contributed by atoms with E-state index in [1.54, 1.807) is 0 Å². The van der Waals surface area contributed by atoms with Crippen LogP contribution in [0, 0.1) is 0 Å². The van der Waals surface area contributed by atoms with Gasteiger partial charge in [-0.2, -0.15) is 0 Å². The van der Waals surface area contributed by atoms with E-state index in [-0.39, 0.29) is 41.1 Å². The monoisotopic (exact) mass is 466 g/mol. The molecule has 1 aromatic carbocycles. The van der Waals surface area contributed by atoms with Crippen molar-refractivity contribution in [2.75, 3.05) is 5.32 Å². The molecule has 0 aliphatic carbocycles. The van der Waals surface area contributed by atoms with E-state index in [0.29, 0.717) is 5.56 Å². The summed E-state index contributed by atoms with van der Waals surface area (Å²) in [4.78, 5) is 56.3. The van der Waals surface area contributed by atoms with E-state index in [0.717, 1.165) is 0 Å². The summed E-state index contributed by atoms with van der Waals surface area (Å²) >= 11 is 0. The molecule has 0 fully saturated rings. The third-order valence-electron chi connectivity index (χ3n) is 5.85. The number of dihydropyridines is 1. The minimum atomic E-state index is -4.79. The second kappa shape index (κ2) is 9.28. The van der Waals surface area contributed by atoms with E-state index in [2.05, 4.69) is 10.6 Å². The van der Waals surface area contributed by atoms with Crippen LogP contribution < -0.4 is 10.6 Å². The molecule has 10 nitrogen and oxygen atoms in total. The van der Waals surface area contributed by atoms with Crippen LogP contribution in [0.15, 0.2) is 46.8 Å². The summed E-state index contributed by atoms with van der Waals surface area (Å²) in [5, 5.41) is 22.8. The van der Waals surface area contributed by atoms with Gasteiger partial charge in [-0.05, 0) is 44.4 Å². The Morgan fingerprint density at radius 2 is 1.53 bits per heavy atom. The summed E-state index contributed by atoms with van der Waals surface area (Å²) in [5.74, 6) is -4.57. The molecule has 6 N–H and O–H groups in total. The van der Waals surface area contributed by atoms with Crippen LogP contribution in [0.25, 0.3) is 0 Å². The maximum atomic E-state index is 12.9. The number of hydrogen-bond donors (Lipinski definition) is 6. The number of hydrogen-bond acceptors (Lipinski definition) is 5. The molecular weight excluding hydrogens is 439 g/mol. The highest BCUT2D eigenvalue weighted by molar-refractivity contribution is 7.54. The van der Waals surface area contributed by atoms with Gasteiger partial charge in [0.2, 0.25) is 5.91 Å². The van der Waals surface area contributed by atoms with Gasteiger partial charge in [0.25, 0.3) is 0 Å². The molecule has 174 valence electrons. The average Bonchev–Trinajstić information content (AvgIpc) is 2.67. The standard InChI is InChI=1S/C21H27N2O8P/c1-5-21(6-2,32(29,30)31)20(28)23-14-9-7-8-13(10-14)17-15(18(24)25)11(3)22-12(4)16(17)19(26)27/h7-10,17,22H,5-6H2,1-4H3,(H,23,28)(H,24,25)(H,26,27)(H2,29,30,31). The average molecular weight is 466 g/mol. The topological polar surface area (TPSA) is 173 Å². The van der Waals surface area contributed by atoms with Gasteiger partial charge in [-0.3, -0.25) is 9.36 Å². The summed E-state index contributed by atoms with van der Waals surface area (Å²) < 4.78 is 12.1. The van der Waals surface area contributed by atoms with Crippen molar-refractivity contribution < 1.29 is 38.9 Å². The number of carbonyl (C=O) groups is 3. The number of benzene rings is 1. The summed E-state index contributed by atoms with van der Waals surface area (Å²) in [5.41, 5.74) is 0.739. The van der Waals surface area contributed by atoms with Crippen LogP contribution in [0.2, 0.25) is 0 Å². The molecule has 0 bridgehead atoms. The second-order valence-electron chi connectivity index (χ2n) is 7.61. The van der Waals surface area contributed by atoms with E-state index >= 15 is 0 Å². The van der Waals surface area contributed by atoms with E-state index in [9.17, 15) is 38.9 Å². The number of amides is 1. The van der Waals surface area contributed by atoms with E-state index in [1.807, 2.05) is 0 Å². The van der Waals surface area contributed by atoms with Gasteiger partial charge in [0.15, 0.2) is 0 Å². The number of allylic oxidation sites excluding steroid dienone is 2. The summed E-state index contributed by atoms with van der Waals surface area (Å²) in [6.07, 6.45) is -0.187. The third-order valence-corrected chi connectivity index (χ3v) is 7.80. The van der Waals surface area contributed by atoms with Crippen molar-refractivity contribution in [3.05, 3.63) is 52.4 Å². The Morgan fingerprint density at radius 3 is 1.94 bits per heavy atom. The molecule has 0 saturated heterocycles. The first-order chi connectivity index (χ1) is 14.8. The van der Waals surface area contributed by atoms with Crippen molar-refractivity contribution in [1.82, 2.24) is 5.32 Å². The molecule has 0 unspecified atom stereocenters. The first-order valence-electron chi connectivity index (χ1n) is 9.92. The molecule has 0 spiro atoms. The van der Waals surface area contributed by atoms with Gasteiger partial charge >= 0.3 is 19.5 Å². The van der Waals surface area contributed by atoms with Gasteiger partial charge in [0, 0.05) is 17.1 Å². The van der Waals surface area contributed by atoms with Crippen molar-refractivity contribution in [1.29, 1.82) is 0 Å². The number of anilines is 1. The van der Waals surface area contributed by atoms with Gasteiger partial charge in [-0.25, -0.2) is 9.59 Å². The van der Waals surface area contributed by atoms with Crippen molar-refractivity contribution in [3.63, 3.8) is 0 Å². The Kier molecular flexibility index (Phi) is 7.34. The maximum absolute atomic E-state index is 12.9. The molecular formula is C21H27N2O8P. The zero-order chi connectivity index (χ0) is 24.4. The molecule has 1 heterocycles. The van der Waals surface area contributed by atoms with Crippen molar-refractivity contribution >= 4 is 31.1 Å². The number of nitrogens with one attached hydrogen (secondary N) is 2. The molecule has 1 aromatic rings. The highest BCUT2D eigenvalue weighted by Gasteiger charge is 2.50. The van der Waals surface area contributed by atoms with Crippen LogP contribution >= 0.6 is 7.60 Å². The fourth-order valence-electron chi connectivity index (χ4n) is 4.05. The van der Waals surface area contributed by atoms with Crippen LogP contribution in [0.3, 0.4) is 0 Å². The fourth-order valence-corrected chi connectivity index (χ4v) is 5.20. The largest absolute Gasteiger partial charge is 0.478 e. The van der Waals surface area contributed by atoms with Gasteiger partial charge in [-0.15, -0.1) is 0 Å². The number of rotatable bonds is 8. The Balaban J connectivity index is 2.57. The zero-order valence-corrected chi connectivity index (χ0v) is 19.1. The normalized spacial score (nSPS) is 15.4. The van der Waals surface area contributed by atoms with Gasteiger partial charge in [0.1, 0.15) is 5.16 Å². The molecule has 0 atom stereocenters.